The van der Waals surface area contributed by atoms with Crippen molar-refractivity contribution in [3.63, 3.8) is 0 Å². The topological polar surface area (TPSA) is 58.5 Å². The van der Waals surface area contributed by atoms with Crippen molar-refractivity contribution in [2.75, 3.05) is 45.8 Å². The predicted molar refractivity (Wildman–Crippen MR) is 106 cm³/mol. The molecule has 0 aromatic rings. The Morgan fingerprint density at radius 2 is 1.33 bits per heavy atom. The van der Waals surface area contributed by atoms with E-state index in [1.165, 1.54) is 83.7 Å². The second-order valence-electron chi connectivity index (χ2n) is 7.54. The minimum absolute atomic E-state index is 0.697. The van der Waals surface area contributed by atoms with Gasteiger partial charge in [0.1, 0.15) is 0 Å². The lowest BCUT2D eigenvalue weighted by molar-refractivity contribution is 0.0723. The van der Waals surface area contributed by atoms with Crippen molar-refractivity contribution in [3.05, 3.63) is 0 Å². The summed E-state index contributed by atoms with van der Waals surface area (Å²) >= 11 is 0. The van der Waals surface area contributed by atoms with Crippen molar-refractivity contribution in [2.45, 2.75) is 83.6 Å². The van der Waals surface area contributed by atoms with E-state index >= 15 is 0 Å². The zero-order valence-electron chi connectivity index (χ0n) is 16.4. The van der Waals surface area contributed by atoms with Crippen molar-refractivity contribution in [2.24, 2.45) is 11.5 Å². The Morgan fingerprint density at radius 1 is 0.750 bits per heavy atom. The molecule has 0 spiro atoms. The van der Waals surface area contributed by atoms with E-state index in [0.29, 0.717) is 6.04 Å². The standard InChI is InChI=1S/C20H44N4/c1-2-3-4-5-6-7-8-9-10-11-12-20-19-23(15-13-21)17-18-24(20)16-14-22/h20H,2-19,21-22H2,1H3. The quantitative estimate of drug-likeness (QED) is 0.450. The number of unbranched alkanes of at least 4 members (excludes halogenated alkanes) is 9. The monoisotopic (exact) mass is 340 g/mol. The second kappa shape index (κ2) is 15.1. The van der Waals surface area contributed by atoms with Gasteiger partial charge in [-0.15, -0.1) is 0 Å². The molecule has 1 fully saturated rings. The molecule has 24 heavy (non-hydrogen) atoms. The Balaban J connectivity index is 2.07. The summed E-state index contributed by atoms with van der Waals surface area (Å²) in [6.07, 6.45) is 15.5. The van der Waals surface area contributed by atoms with Crippen molar-refractivity contribution >= 4 is 0 Å². The molecule has 4 heteroatoms. The Kier molecular flexibility index (Phi) is 13.8. The summed E-state index contributed by atoms with van der Waals surface area (Å²) in [5, 5.41) is 0. The number of nitrogens with zero attached hydrogens (tertiary/aromatic N) is 2. The van der Waals surface area contributed by atoms with Crippen molar-refractivity contribution < 1.29 is 0 Å². The fourth-order valence-corrected chi connectivity index (χ4v) is 3.94. The highest BCUT2D eigenvalue weighted by Crippen LogP contribution is 2.17. The molecule has 1 aliphatic rings. The van der Waals surface area contributed by atoms with Crippen LogP contribution in [-0.2, 0) is 0 Å². The molecule has 0 aromatic heterocycles. The fraction of sp³-hybridized carbons (Fsp3) is 1.00. The highest BCUT2D eigenvalue weighted by atomic mass is 15.3. The average molecular weight is 341 g/mol. The molecule has 0 bridgehead atoms. The van der Waals surface area contributed by atoms with E-state index in [2.05, 4.69) is 16.7 Å². The minimum Gasteiger partial charge on any atom is -0.329 e. The molecule has 4 nitrogen and oxygen atoms in total. The largest absolute Gasteiger partial charge is 0.329 e. The van der Waals surface area contributed by atoms with Gasteiger partial charge in [0.05, 0.1) is 0 Å². The first-order valence-corrected chi connectivity index (χ1v) is 10.7. The first-order chi connectivity index (χ1) is 11.8. The Hall–Kier alpha value is -0.160. The third-order valence-electron chi connectivity index (χ3n) is 5.44. The van der Waals surface area contributed by atoms with E-state index in [-0.39, 0.29) is 0 Å². The smallest absolute Gasteiger partial charge is 0.0224 e. The van der Waals surface area contributed by atoms with Gasteiger partial charge in [-0.05, 0) is 6.42 Å². The minimum atomic E-state index is 0.697. The van der Waals surface area contributed by atoms with Gasteiger partial charge in [-0.3, -0.25) is 9.80 Å². The summed E-state index contributed by atoms with van der Waals surface area (Å²) in [6, 6.07) is 0.697. The molecule has 4 N–H and O–H groups in total. The van der Waals surface area contributed by atoms with Gasteiger partial charge in [0.15, 0.2) is 0 Å². The van der Waals surface area contributed by atoms with Crippen molar-refractivity contribution in [1.29, 1.82) is 0 Å². The van der Waals surface area contributed by atoms with Gasteiger partial charge in [0, 0.05) is 51.9 Å². The van der Waals surface area contributed by atoms with E-state index in [0.717, 1.165) is 32.7 Å². The molecule has 0 amide bonds. The van der Waals surface area contributed by atoms with Crippen LogP contribution in [0.15, 0.2) is 0 Å². The van der Waals surface area contributed by atoms with Crippen LogP contribution in [0.2, 0.25) is 0 Å². The molecule has 1 heterocycles. The zero-order valence-corrected chi connectivity index (χ0v) is 16.4. The summed E-state index contributed by atoms with van der Waals surface area (Å²) < 4.78 is 0. The summed E-state index contributed by atoms with van der Waals surface area (Å²) in [5.41, 5.74) is 11.5. The Bertz CT molecular complexity index is 272. The van der Waals surface area contributed by atoms with Gasteiger partial charge in [0.25, 0.3) is 0 Å². The van der Waals surface area contributed by atoms with E-state index in [9.17, 15) is 0 Å². The first-order valence-electron chi connectivity index (χ1n) is 10.7. The van der Waals surface area contributed by atoms with Gasteiger partial charge in [-0.25, -0.2) is 0 Å². The van der Waals surface area contributed by atoms with E-state index in [1.54, 1.807) is 0 Å². The maximum atomic E-state index is 5.79. The lowest BCUT2D eigenvalue weighted by Crippen LogP contribution is -2.54. The van der Waals surface area contributed by atoms with Crippen LogP contribution in [0.3, 0.4) is 0 Å². The predicted octanol–water partition coefficient (Wildman–Crippen LogP) is 3.20. The van der Waals surface area contributed by atoms with Crippen LogP contribution >= 0.6 is 0 Å². The molecule has 0 aromatic carbocycles. The lowest BCUT2D eigenvalue weighted by Gasteiger charge is -2.41. The van der Waals surface area contributed by atoms with Crippen LogP contribution in [0.1, 0.15) is 77.6 Å². The van der Waals surface area contributed by atoms with Gasteiger partial charge in [-0.2, -0.15) is 0 Å². The van der Waals surface area contributed by atoms with Crippen molar-refractivity contribution in [3.8, 4) is 0 Å². The third kappa shape index (κ3) is 9.97. The second-order valence-corrected chi connectivity index (χ2v) is 7.54. The van der Waals surface area contributed by atoms with Crippen LogP contribution in [0.25, 0.3) is 0 Å². The lowest BCUT2D eigenvalue weighted by atomic mass is 10.0. The molecule has 1 aliphatic heterocycles. The molecule has 1 atom stereocenters. The molecule has 144 valence electrons. The molecule has 1 unspecified atom stereocenters. The number of rotatable bonds is 15. The van der Waals surface area contributed by atoms with E-state index < -0.39 is 0 Å². The first kappa shape index (κ1) is 21.9. The SMILES string of the molecule is CCCCCCCCCCCCC1CN(CCN)CCN1CCN. The number of hydrogen-bond acceptors (Lipinski definition) is 4. The maximum Gasteiger partial charge on any atom is 0.0224 e. The third-order valence-corrected chi connectivity index (χ3v) is 5.44. The number of hydrogen-bond donors (Lipinski definition) is 2. The van der Waals surface area contributed by atoms with Crippen LogP contribution in [0.5, 0.6) is 0 Å². The molecule has 0 radical (unpaired) electrons. The van der Waals surface area contributed by atoms with Crippen LogP contribution in [0.4, 0.5) is 0 Å². The normalized spacial score (nSPS) is 19.9. The average Bonchev–Trinajstić information content (AvgIpc) is 2.59. The van der Waals surface area contributed by atoms with Crippen LogP contribution < -0.4 is 11.5 Å². The van der Waals surface area contributed by atoms with Gasteiger partial charge in [-0.1, -0.05) is 71.1 Å². The zero-order chi connectivity index (χ0) is 17.5. The molecule has 0 saturated carbocycles. The van der Waals surface area contributed by atoms with Crippen molar-refractivity contribution in [1.82, 2.24) is 9.80 Å². The van der Waals surface area contributed by atoms with Gasteiger partial charge < -0.3 is 11.5 Å². The van der Waals surface area contributed by atoms with Crippen LogP contribution in [0, 0.1) is 0 Å². The summed E-state index contributed by atoms with van der Waals surface area (Å²) in [4.78, 5) is 5.15. The maximum absolute atomic E-state index is 5.79. The molecule has 0 aliphatic carbocycles. The number of nitrogens with two attached hydrogens (primary N) is 2. The summed E-state index contributed by atoms with van der Waals surface area (Å²) in [6.45, 7) is 9.47. The molecular weight excluding hydrogens is 296 g/mol. The number of piperazine rings is 1. The van der Waals surface area contributed by atoms with Crippen LogP contribution in [-0.4, -0.2) is 61.7 Å². The molecule has 1 rings (SSSR count). The van der Waals surface area contributed by atoms with Gasteiger partial charge in [0.2, 0.25) is 0 Å². The Morgan fingerprint density at radius 3 is 1.92 bits per heavy atom. The molecular formula is C20H44N4. The van der Waals surface area contributed by atoms with E-state index in [1.807, 2.05) is 0 Å². The Labute approximate surface area is 151 Å². The summed E-state index contributed by atoms with van der Waals surface area (Å²) in [5.74, 6) is 0. The van der Waals surface area contributed by atoms with Gasteiger partial charge >= 0.3 is 0 Å². The fourth-order valence-electron chi connectivity index (χ4n) is 3.94. The highest BCUT2D eigenvalue weighted by molar-refractivity contribution is 4.82. The molecule has 1 saturated heterocycles. The summed E-state index contributed by atoms with van der Waals surface area (Å²) in [7, 11) is 0. The highest BCUT2D eigenvalue weighted by Gasteiger charge is 2.25. The van der Waals surface area contributed by atoms with E-state index in [4.69, 9.17) is 11.5 Å².